The number of nitrogens with zero attached hydrogens (tertiary/aromatic N) is 3. The minimum Gasteiger partial charge on any atom is -0.478 e. The van der Waals surface area contributed by atoms with Crippen molar-refractivity contribution in [1.29, 1.82) is 0 Å². The molecule has 0 aliphatic carbocycles. The number of rotatable bonds is 7. The Hall–Kier alpha value is -5.25. The molecule has 186 valence electrons. The summed E-state index contributed by atoms with van der Waals surface area (Å²) < 4.78 is 1.33. The van der Waals surface area contributed by atoms with Gasteiger partial charge in [0.05, 0.1) is 39.3 Å². The molecule has 1 aliphatic heterocycles. The van der Waals surface area contributed by atoms with E-state index in [4.69, 9.17) is 10.2 Å². The lowest BCUT2D eigenvalue weighted by molar-refractivity contribution is -0.114. The third kappa shape index (κ3) is 5.08. The second-order valence-corrected chi connectivity index (χ2v) is 8.12. The van der Waals surface area contributed by atoms with Gasteiger partial charge in [-0.2, -0.15) is 10.1 Å². The van der Waals surface area contributed by atoms with Crippen LogP contribution in [-0.2, 0) is 4.79 Å². The summed E-state index contributed by atoms with van der Waals surface area (Å²) in [5, 5.41) is 26.5. The number of hydrazone groups is 1. The second-order valence-electron chi connectivity index (χ2n) is 8.12. The molecule has 3 N–H and O–H groups in total. The van der Waals surface area contributed by atoms with Gasteiger partial charge in [0.2, 0.25) is 0 Å². The van der Waals surface area contributed by atoms with E-state index >= 15 is 0 Å². The number of allylic oxidation sites excluding steroid dienone is 4. The zero-order valence-corrected chi connectivity index (χ0v) is 19.9. The van der Waals surface area contributed by atoms with Crippen LogP contribution < -0.4 is 10.6 Å². The molecule has 0 atom stereocenters. The molecule has 0 saturated heterocycles. The number of carboxylic acids is 2. The van der Waals surface area contributed by atoms with Crippen LogP contribution in [0.3, 0.4) is 0 Å². The Labute approximate surface area is 210 Å². The first-order chi connectivity index (χ1) is 17.7. The van der Waals surface area contributed by atoms with E-state index in [1.165, 1.54) is 46.1 Å². The Bertz CT molecular complexity index is 1570. The Morgan fingerprint density at radius 1 is 0.838 bits per heavy atom. The second kappa shape index (κ2) is 10.2. The molecular formula is C27H22N4O6. The number of hydrogen-bond donors (Lipinski definition) is 3. The molecule has 0 unspecified atom stereocenters. The van der Waals surface area contributed by atoms with Crippen molar-refractivity contribution in [1.82, 2.24) is 9.78 Å². The van der Waals surface area contributed by atoms with E-state index in [9.17, 15) is 19.2 Å². The van der Waals surface area contributed by atoms with Gasteiger partial charge >= 0.3 is 11.9 Å². The van der Waals surface area contributed by atoms with Gasteiger partial charge < -0.3 is 10.2 Å². The lowest BCUT2D eigenvalue weighted by Gasteiger charge is -2.11. The maximum atomic E-state index is 12.8. The number of H-pyrrole nitrogens is 1. The van der Waals surface area contributed by atoms with Crippen LogP contribution in [0, 0.1) is 6.92 Å². The fourth-order valence-electron chi connectivity index (χ4n) is 3.69. The number of benzene rings is 2. The summed E-state index contributed by atoms with van der Waals surface area (Å²) in [6, 6.07) is 11.8. The van der Waals surface area contributed by atoms with Crippen LogP contribution in [-0.4, -0.2) is 43.6 Å². The van der Waals surface area contributed by atoms with Crippen LogP contribution in [0.2, 0.25) is 0 Å². The molecule has 2 aromatic carbocycles. The van der Waals surface area contributed by atoms with Crippen LogP contribution >= 0.6 is 0 Å². The number of carbonyl (C=O) groups is 3. The number of carboxylic acid groups (broad SMARTS) is 2. The van der Waals surface area contributed by atoms with Gasteiger partial charge in [-0.05, 0) is 74.5 Å². The van der Waals surface area contributed by atoms with Crippen LogP contribution in [0.25, 0.3) is 11.8 Å². The van der Waals surface area contributed by atoms with Crippen molar-refractivity contribution in [3.63, 3.8) is 0 Å². The Balaban J connectivity index is 1.47. The normalized spacial score (nSPS) is 14.8. The maximum Gasteiger partial charge on any atom is 0.335 e. The van der Waals surface area contributed by atoms with Crippen molar-refractivity contribution >= 4 is 35.3 Å². The van der Waals surface area contributed by atoms with Crippen molar-refractivity contribution in [3.8, 4) is 5.69 Å². The molecule has 1 amide bonds. The first-order valence-corrected chi connectivity index (χ1v) is 11.1. The van der Waals surface area contributed by atoms with Crippen molar-refractivity contribution < 1.29 is 24.6 Å². The van der Waals surface area contributed by atoms with Gasteiger partial charge in [0.15, 0.2) is 0 Å². The number of aromatic amines is 1. The Morgan fingerprint density at radius 3 is 1.97 bits per heavy atom. The van der Waals surface area contributed by atoms with Gasteiger partial charge in [-0.1, -0.05) is 18.2 Å². The number of nitrogens with one attached hydrogen (secondary N) is 1. The van der Waals surface area contributed by atoms with Gasteiger partial charge in [0.25, 0.3) is 11.5 Å². The van der Waals surface area contributed by atoms with E-state index in [0.29, 0.717) is 33.9 Å². The minimum atomic E-state index is -1.05. The highest BCUT2D eigenvalue weighted by Crippen LogP contribution is 2.24. The lowest BCUT2D eigenvalue weighted by atomic mass is 10.1. The number of hydrogen-bond acceptors (Lipinski definition) is 5. The molecule has 0 bridgehead atoms. The molecule has 2 heterocycles. The van der Waals surface area contributed by atoms with Gasteiger partial charge in [-0.25, -0.2) is 14.3 Å². The summed E-state index contributed by atoms with van der Waals surface area (Å²) in [7, 11) is 0. The van der Waals surface area contributed by atoms with E-state index in [2.05, 4.69) is 10.2 Å². The molecule has 3 aromatic rings. The predicted molar refractivity (Wildman–Crippen MR) is 138 cm³/mol. The average Bonchev–Trinajstić information content (AvgIpc) is 3.33. The van der Waals surface area contributed by atoms with Crippen LogP contribution in [0.4, 0.5) is 5.69 Å². The standard InChI is InChI=1S/C27H22N4O6/c1-16-22(24(32)30(28-16)20-12-8-18(9-13-20)26(34)35)6-4-3-5-7-23-17(2)29-31(25(23)33)21-14-10-19(11-15-21)27(36)37/h3-15,28H,1-2H3,(H,34,35)(H,36,37)/b5-3+,6-4+,23-7?. The summed E-state index contributed by atoms with van der Waals surface area (Å²) in [6.45, 7) is 3.46. The van der Waals surface area contributed by atoms with E-state index in [1.54, 1.807) is 56.4 Å². The Morgan fingerprint density at radius 2 is 1.41 bits per heavy atom. The molecule has 10 nitrogen and oxygen atoms in total. The van der Waals surface area contributed by atoms with Crippen molar-refractivity contribution in [2.24, 2.45) is 5.10 Å². The van der Waals surface area contributed by atoms with E-state index in [-0.39, 0.29) is 22.6 Å². The smallest absolute Gasteiger partial charge is 0.335 e. The molecule has 1 aromatic heterocycles. The first kappa shape index (κ1) is 24.9. The van der Waals surface area contributed by atoms with Crippen LogP contribution in [0.5, 0.6) is 0 Å². The van der Waals surface area contributed by atoms with Crippen molar-refractivity contribution in [2.45, 2.75) is 13.8 Å². The van der Waals surface area contributed by atoms with E-state index < -0.39 is 11.9 Å². The number of aromatic nitrogens is 2. The van der Waals surface area contributed by atoms with E-state index in [0.717, 1.165) is 0 Å². The molecule has 37 heavy (non-hydrogen) atoms. The quantitative estimate of drug-likeness (QED) is 0.334. The zero-order valence-electron chi connectivity index (χ0n) is 19.9. The number of carbonyl (C=O) groups excluding carboxylic acids is 1. The molecule has 10 heteroatoms. The summed E-state index contributed by atoms with van der Waals surface area (Å²) in [5.41, 5.74) is 2.88. The molecule has 4 rings (SSSR count). The highest BCUT2D eigenvalue weighted by Gasteiger charge is 2.28. The fourth-order valence-corrected chi connectivity index (χ4v) is 3.69. The molecule has 0 radical (unpaired) electrons. The number of anilines is 1. The predicted octanol–water partition coefficient (Wildman–Crippen LogP) is 3.79. The largest absolute Gasteiger partial charge is 0.478 e. The van der Waals surface area contributed by atoms with Crippen molar-refractivity contribution in [3.05, 3.63) is 111 Å². The first-order valence-electron chi connectivity index (χ1n) is 11.1. The van der Waals surface area contributed by atoms with Crippen molar-refractivity contribution in [2.75, 3.05) is 5.01 Å². The maximum absolute atomic E-state index is 12.8. The molecule has 0 fully saturated rings. The average molecular weight is 498 g/mol. The summed E-state index contributed by atoms with van der Waals surface area (Å²) >= 11 is 0. The number of aromatic carboxylic acids is 2. The monoisotopic (exact) mass is 498 g/mol. The SMILES string of the molecule is CC1=NN(c2ccc(C(=O)O)cc2)C(=O)C1=C/C=C/C=C/c1c(C)[nH]n(-c2ccc(C(=O)O)cc2)c1=O. The topological polar surface area (TPSA) is 145 Å². The molecular weight excluding hydrogens is 476 g/mol. The van der Waals surface area contributed by atoms with Gasteiger partial charge in [-0.15, -0.1) is 0 Å². The Kier molecular flexibility index (Phi) is 6.83. The van der Waals surface area contributed by atoms with Crippen LogP contribution in [0.1, 0.15) is 38.9 Å². The summed E-state index contributed by atoms with van der Waals surface area (Å²) in [4.78, 5) is 47.7. The third-order valence-corrected chi connectivity index (χ3v) is 5.66. The summed E-state index contributed by atoms with van der Waals surface area (Å²) in [6.07, 6.45) is 8.25. The molecule has 0 spiro atoms. The van der Waals surface area contributed by atoms with E-state index in [1.807, 2.05) is 0 Å². The molecule has 0 saturated carbocycles. The van der Waals surface area contributed by atoms with Gasteiger partial charge in [0.1, 0.15) is 0 Å². The fraction of sp³-hybridized carbons (Fsp3) is 0.0741. The lowest BCUT2D eigenvalue weighted by Crippen LogP contribution is -2.21. The number of aryl methyl sites for hydroxylation is 1. The molecule has 1 aliphatic rings. The highest BCUT2D eigenvalue weighted by atomic mass is 16.4. The van der Waals surface area contributed by atoms with Gasteiger partial charge in [0, 0.05) is 5.69 Å². The minimum absolute atomic E-state index is 0.113. The highest BCUT2D eigenvalue weighted by molar-refractivity contribution is 6.29. The third-order valence-electron chi connectivity index (χ3n) is 5.66. The number of amides is 1. The van der Waals surface area contributed by atoms with Gasteiger partial charge in [-0.3, -0.25) is 14.7 Å². The summed E-state index contributed by atoms with van der Waals surface area (Å²) in [5.74, 6) is -2.44. The van der Waals surface area contributed by atoms with Crippen LogP contribution in [0.15, 0.2) is 88.3 Å². The zero-order chi connectivity index (χ0) is 26.7.